The molecule has 2 fully saturated rings. The normalized spacial score (nSPS) is 27.2. The number of nitrogens with zero attached hydrogens (tertiary/aromatic N) is 1. The molecule has 0 radical (unpaired) electrons. The number of nitrogens with one attached hydrogen (secondary N) is 1. The second kappa shape index (κ2) is 7.31. The summed E-state index contributed by atoms with van der Waals surface area (Å²) in [5, 5.41) is 12.4. The third-order valence-corrected chi connectivity index (χ3v) is 4.88. The Morgan fingerprint density at radius 2 is 2.18 bits per heavy atom. The van der Waals surface area contributed by atoms with Crippen LogP contribution >= 0.6 is 0 Å². The van der Waals surface area contributed by atoms with E-state index in [2.05, 4.69) is 5.32 Å². The van der Waals surface area contributed by atoms with Crippen LogP contribution in [0, 0.1) is 11.3 Å². The van der Waals surface area contributed by atoms with E-state index in [0.717, 1.165) is 25.7 Å². The summed E-state index contributed by atoms with van der Waals surface area (Å²) in [6, 6.07) is -0.125. The fourth-order valence-electron chi connectivity index (χ4n) is 3.65. The van der Waals surface area contributed by atoms with Gasteiger partial charge in [-0.2, -0.15) is 0 Å². The van der Waals surface area contributed by atoms with E-state index in [1.54, 1.807) is 4.90 Å². The molecule has 6 nitrogen and oxygen atoms in total. The number of carbonyl (C=O) groups is 2. The molecule has 0 bridgehead atoms. The van der Waals surface area contributed by atoms with Gasteiger partial charge >= 0.3 is 12.0 Å². The maximum absolute atomic E-state index is 12.2. The summed E-state index contributed by atoms with van der Waals surface area (Å²) in [5.41, 5.74) is -0.692. The largest absolute Gasteiger partial charge is 0.481 e. The van der Waals surface area contributed by atoms with Gasteiger partial charge in [0.05, 0.1) is 11.5 Å². The van der Waals surface area contributed by atoms with Crippen molar-refractivity contribution in [2.24, 2.45) is 11.3 Å². The first-order valence-corrected chi connectivity index (χ1v) is 8.33. The molecule has 1 saturated heterocycles. The van der Waals surface area contributed by atoms with Crippen molar-refractivity contribution in [3.8, 4) is 0 Å². The van der Waals surface area contributed by atoms with Crippen LogP contribution in [0.5, 0.6) is 0 Å². The van der Waals surface area contributed by atoms with Gasteiger partial charge in [0.15, 0.2) is 0 Å². The average molecular weight is 312 g/mol. The molecule has 2 amide bonds. The van der Waals surface area contributed by atoms with Crippen LogP contribution in [0.25, 0.3) is 0 Å². The first-order valence-electron chi connectivity index (χ1n) is 8.33. The highest BCUT2D eigenvalue weighted by Crippen LogP contribution is 2.48. The van der Waals surface area contributed by atoms with Crippen molar-refractivity contribution >= 4 is 12.0 Å². The Morgan fingerprint density at radius 1 is 1.41 bits per heavy atom. The van der Waals surface area contributed by atoms with Crippen LogP contribution in [0.1, 0.15) is 46.0 Å². The van der Waals surface area contributed by atoms with Crippen molar-refractivity contribution in [3.63, 3.8) is 0 Å². The van der Waals surface area contributed by atoms with E-state index in [1.165, 1.54) is 0 Å². The number of aliphatic carboxylic acids is 1. The highest BCUT2D eigenvalue weighted by Gasteiger charge is 2.55. The molecule has 0 aromatic heterocycles. The molecule has 2 N–H and O–H groups in total. The van der Waals surface area contributed by atoms with E-state index < -0.39 is 11.4 Å². The molecule has 2 atom stereocenters. The van der Waals surface area contributed by atoms with Gasteiger partial charge < -0.3 is 20.1 Å². The molecule has 0 aromatic carbocycles. The number of hydrogen-bond donors (Lipinski definition) is 2. The van der Waals surface area contributed by atoms with E-state index in [9.17, 15) is 14.7 Å². The van der Waals surface area contributed by atoms with Gasteiger partial charge in [-0.05, 0) is 45.4 Å². The molecule has 2 rings (SSSR count). The Kier molecular flexibility index (Phi) is 5.67. The van der Waals surface area contributed by atoms with E-state index >= 15 is 0 Å². The number of urea groups is 1. The third-order valence-electron chi connectivity index (χ3n) is 4.88. The molecule has 1 heterocycles. The molecule has 22 heavy (non-hydrogen) atoms. The number of fused-ring (bicyclic) bond motifs is 1. The summed E-state index contributed by atoms with van der Waals surface area (Å²) in [5.74, 6) is -0.619. The minimum Gasteiger partial charge on any atom is -0.481 e. The van der Waals surface area contributed by atoms with Crippen molar-refractivity contribution in [1.82, 2.24) is 10.2 Å². The van der Waals surface area contributed by atoms with Crippen LogP contribution in [0.3, 0.4) is 0 Å². The van der Waals surface area contributed by atoms with Crippen LogP contribution in [0.2, 0.25) is 0 Å². The first kappa shape index (κ1) is 17.1. The molecule has 1 saturated carbocycles. The van der Waals surface area contributed by atoms with Crippen molar-refractivity contribution in [3.05, 3.63) is 0 Å². The van der Waals surface area contributed by atoms with Crippen molar-refractivity contribution in [2.75, 3.05) is 26.2 Å². The zero-order valence-corrected chi connectivity index (χ0v) is 13.6. The molecule has 1 aliphatic carbocycles. The van der Waals surface area contributed by atoms with Crippen LogP contribution in [-0.2, 0) is 9.53 Å². The Balaban J connectivity index is 1.70. The minimum absolute atomic E-state index is 0.121. The van der Waals surface area contributed by atoms with Gasteiger partial charge in [0.25, 0.3) is 0 Å². The fourth-order valence-corrected chi connectivity index (χ4v) is 3.65. The lowest BCUT2D eigenvalue weighted by Gasteiger charge is -2.23. The highest BCUT2D eigenvalue weighted by atomic mass is 16.5. The standard InChI is InChI=1S/C16H28N2O4/c1-12(2)22-9-4-3-8-17-15(21)18-10-13-6-5-7-16(13,11-18)14(19)20/h12-13H,3-11H2,1-2H3,(H,17,21)(H,19,20)/t13-,16+/m0/s1. The summed E-state index contributed by atoms with van der Waals surface area (Å²) in [6.07, 6.45) is 4.61. The second-order valence-electron chi connectivity index (χ2n) is 6.79. The number of amides is 2. The second-order valence-corrected chi connectivity index (χ2v) is 6.79. The summed E-state index contributed by atoms with van der Waals surface area (Å²) >= 11 is 0. The zero-order chi connectivity index (χ0) is 16.2. The van der Waals surface area contributed by atoms with Gasteiger partial charge in [-0.15, -0.1) is 0 Å². The van der Waals surface area contributed by atoms with E-state index in [1.807, 2.05) is 13.8 Å². The smallest absolute Gasteiger partial charge is 0.317 e. The summed E-state index contributed by atoms with van der Waals surface area (Å²) in [6.45, 7) is 6.27. The molecule has 126 valence electrons. The number of unbranched alkanes of at least 4 members (excludes halogenated alkanes) is 1. The lowest BCUT2D eigenvalue weighted by molar-refractivity contribution is -0.149. The van der Waals surface area contributed by atoms with E-state index in [-0.39, 0.29) is 18.1 Å². The summed E-state index contributed by atoms with van der Waals surface area (Å²) in [7, 11) is 0. The quantitative estimate of drug-likeness (QED) is 0.706. The Labute approximate surface area is 132 Å². The number of carboxylic acid groups (broad SMARTS) is 1. The van der Waals surface area contributed by atoms with Crippen LogP contribution in [0.15, 0.2) is 0 Å². The minimum atomic E-state index is -0.740. The van der Waals surface area contributed by atoms with E-state index in [4.69, 9.17) is 4.74 Å². The summed E-state index contributed by atoms with van der Waals surface area (Å²) in [4.78, 5) is 25.4. The molecule has 6 heteroatoms. The first-order chi connectivity index (χ1) is 10.5. The number of rotatable bonds is 7. The molecule has 2 aliphatic rings. The molecular weight excluding hydrogens is 284 g/mol. The van der Waals surface area contributed by atoms with Gasteiger partial charge in [0, 0.05) is 26.2 Å². The molecule has 1 aliphatic heterocycles. The maximum atomic E-state index is 12.2. The molecular formula is C16H28N2O4. The van der Waals surface area contributed by atoms with Crippen LogP contribution in [-0.4, -0.2) is 54.4 Å². The zero-order valence-electron chi connectivity index (χ0n) is 13.6. The maximum Gasteiger partial charge on any atom is 0.317 e. The van der Waals surface area contributed by atoms with Gasteiger partial charge in [0.2, 0.25) is 0 Å². The Morgan fingerprint density at radius 3 is 2.82 bits per heavy atom. The fraction of sp³-hybridized carbons (Fsp3) is 0.875. The molecule has 0 spiro atoms. The number of ether oxygens (including phenoxy) is 1. The summed E-state index contributed by atoms with van der Waals surface area (Å²) < 4.78 is 5.45. The van der Waals surface area contributed by atoms with Gasteiger partial charge in [-0.1, -0.05) is 6.42 Å². The number of hydrogen-bond acceptors (Lipinski definition) is 3. The van der Waals surface area contributed by atoms with Gasteiger partial charge in [-0.25, -0.2) is 4.79 Å². The van der Waals surface area contributed by atoms with Crippen molar-refractivity contribution < 1.29 is 19.4 Å². The van der Waals surface area contributed by atoms with Gasteiger partial charge in [-0.3, -0.25) is 4.79 Å². The van der Waals surface area contributed by atoms with Crippen LogP contribution < -0.4 is 5.32 Å². The molecule has 0 unspecified atom stereocenters. The predicted octanol–water partition coefficient (Wildman–Crippen LogP) is 2.09. The lowest BCUT2D eigenvalue weighted by atomic mass is 9.81. The Hall–Kier alpha value is -1.30. The highest BCUT2D eigenvalue weighted by molar-refractivity contribution is 5.80. The topological polar surface area (TPSA) is 78.9 Å². The third kappa shape index (κ3) is 3.72. The van der Waals surface area contributed by atoms with E-state index in [0.29, 0.717) is 32.7 Å². The number of carboxylic acids is 1. The lowest BCUT2D eigenvalue weighted by Crippen LogP contribution is -2.42. The van der Waals surface area contributed by atoms with Crippen molar-refractivity contribution in [2.45, 2.75) is 52.1 Å². The monoisotopic (exact) mass is 312 g/mol. The van der Waals surface area contributed by atoms with Crippen molar-refractivity contribution in [1.29, 1.82) is 0 Å². The predicted molar refractivity (Wildman–Crippen MR) is 82.7 cm³/mol. The SMILES string of the molecule is CC(C)OCCCCNC(=O)N1C[C@@H]2CCC[C@@]2(C(=O)O)C1. The number of likely N-dealkylation sites (tertiary alicyclic amines) is 1. The Bertz CT molecular complexity index is 413. The number of carbonyl (C=O) groups excluding carboxylic acids is 1. The average Bonchev–Trinajstić information content (AvgIpc) is 2.99. The van der Waals surface area contributed by atoms with Crippen LogP contribution in [0.4, 0.5) is 4.79 Å². The molecule has 0 aromatic rings. The van der Waals surface area contributed by atoms with Gasteiger partial charge in [0.1, 0.15) is 0 Å².